The van der Waals surface area contributed by atoms with Crippen LogP contribution in [0.15, 0.2) is 48.6 Å². The minimum atomic E-state index is 0.298. The van der Waals surface area contributed by atoms with Crippen molar-refractivity contribution in [1.82, 2.24) is 0 Å². The van der Waals surface area contributed by atoms with Crippen molar-refractivity contribution in [3.8, 4) is 0 Å². The van der Waals surface area contributed by atoms with E-state index in [1.807, 2.05) is 0 Å². The Kier molecular flexibility index (Phi) is 4.14. The molecule has 0 spiro atoms. The lowest BCUT2D eigenvalue weighted by Crippen LogP contribution is -2.42. The normalized spacial score (nSPS) is 22.9. The summed E-state index contributed by atoms with van der Waals surface area (Å²) in [6.45, 7) is 14.4. The summed E-state index contributed by atoms with van der Waals surface area (Å²) in [6, 6.07) is 0. The molecule has 0 amide bonds. The number of hydrogen-bond acceptors (Lipinski definition) is 0. The maximum Gasteiger partial charge on any atom is -0.00108 e. The van der Waals surface area contributed by atoms with Crippen LogP contribution < -0.4 is 0 Å². The first-order valence-electron chi connectivity index (χ1n) is 7.91. The topological polar surface area (TPSA) is 0 Å². The van der Waals surface area contributed by atoms with Crippen molar-refractivity contribution in [2.75, 3.05) is 0 Å². The monoisotopic (exact) mass is 270 g/mol. The summed E-state index contributed by atoms with van der Waals surface area (Å²) in [6.07, 6.45) is 18.4. The van der Waals surface area contributed by atoms with Crippen molar-refractivity contribution in [1.29, 1.82) is 0 Å². The Hall–Kier alpha value is -1.04. The van der Waals surface area contributed by atoms with E-state index in [0.29, 0.717) is 34.5 Å². The van der Waals surface area contributed by atoms with Crippen molar-refractivity contribution in [2.24, 2.45) is 34.5 Å². The van der Waals surface area contributed by atoms with Gasteiger partial charge in [-0.25, -0.2) is 0 Å². The highest BCUT2D eigenvalue weighted by Crippen LogP contribution is 2.51. The van der Waals surface area contributed by atoms with Gasteiger partial charge in [-0.2, -0.15) is 0 Å². The average Bonchev–Trinajstić information content (AvgIpc) is 2.95. The summed E-state index contributed by atoms with van der Waals surface area (Å²) in [5.41, 5.74) is 0.595. The van der Waals surface area contributed by atoms with Crippen LogP contribution in [0.25, 0.3) is 0 Å². The lowest BCUT2D eigenvalue weighted by molar-refractivity contribution is 0.0356. The van der Waals surface area contributed by atoms with E-state index < -0.39 is 0 Å². The molecule has 0 radical (unpaired) electrons. The number of allylic oxidation sites excluding steroid dienone is 8. The van der Waals surface area contributed by atoms with Crippen molar-refractivity contribution >= 4 is 0 Å². The van der Waals surface area contributed by atoms with E-state index in [9.17, 15) is 0 Å². The van der Waals surface area contributed by atoms with Gasteiger partial charge in [-0.1, -0.05) is 90.2 Å². The second kappa shape index (κ2) is 5.39. The fourth-order valence-corrected chi connectivity index (χ4v) is 4.09. The van der Waals surface area contributed by atoms with Crippen molar-refractivity contribution < 1.29 is 0 Å². The highest BCUT2D eigenvalue weighted by atomic mass is 14.5. The van der Waals surface area contributed by atoms with Gasteiger partial charge in [0, 0.05) is 0 Å². The van der Waals surface area contributed by atoms with E-state index in [4.69, 9.17) is 0 Å². The lowest BCUT2D eigenvalue weighted by atomic mass is 9.56. The van der Waals surface area contributed by atoms with Crippen LogP contribution in [-0.2, 0) is 0 Å². The molecule has 0 aliphatic heterocycles. The molecule has 2 atom stereocenters. The third kappa shape index (κ3) is 3.16. The van der Waals surface area contributed by atoms with Crippen LogP contribution in [-0.4, -0.2) is 0 Å². The van der Waals surface area contributed by atoms with E-state index >= 15 is 0 Å². The van der Waals surface area contributed by atoms with Crippen LogP contribution in [0.5, 0.6) is 0 Å². The Morgan fingerprint density at radius 1 is 0.550 bits per heavy atom. The van der Waals surface area contributed by atoms with E-state index in [0.717, 1.165) is 0 Å². The SMILES string of the molecule is CC(C)(C)[C@H](C1C=CC=C1)[C@H](C1C=CC=C1)C(C)(C)C. The zero-order valence-electron chi connectivity index (χ0n) is 13.9. The smallest absolute Gasteiger partial charge is 0.00108 e. The van der Waals surface area contributed by atoms with Gasteiger partial charge in [0.1, 0.15) is 0 Å². The van der Waals surface area contributed by atoms with Gasteiger partial charge in [0.25, 0.3) is 0 Å². The van der Waals surface area contributed by atoms with Crippen LogP contribution in [0.1, 0.15) is 41.5 Å². The minimum Gasteiger partial charge on any atom is -0.0773 e. The number of hydrogen-bond donors (Lipinski definition) is 0. The molecule has 0 N–H and O–H groups in total. The molecule has 0 fully saturated rings. The van der Waals surface area contributed by atoms with Gasteiger partial charge in [-0.05, 0) is 34.5 Å². The van der Waals surface area contributed by atoms with E-state index in [2.05, 4.69) is 90.2 Å². The maximum absolute atomic E-state index is 2.40. The first-order chi connectivity index (χ1) is 9.21. The predicted molar refractivity (Wildman–Crippen MR) is 89.4 cm³/mol. The Bertz CT molecular complexity index is 377. The van der Waals surface area contributed by atoms with Gasteiger partial charge in [-0.15, -0.1) is 0 Å². The summed E-state index contributed by atoms with van der Waals surface area (Å²) < 4.78 is 0. The summed E-state index contributed by atoms with van der Waals surface area (Å²) in [5.74, 6) is 2.44. The molecule has 0 saturated carbocycles. The largest absolute Gasteiger partial charge is 0.0773 e. The Labute approximate surface area is 125 Å². The summed E-state index contributed by atoms with van der Waals surface area (Å²) in [7, 11) is 0. The maximum atomic E-state index is 2.40. The van der Waals surface area contributed by atoms with Crippen LogP contribution in [0, 0.1) is 34.5 Å². The summed E-state index contributed by atoms with van der Waals surface area (Å²) in [5, 5.41) is 0. The first-order valence-corrected chi connectivity index (χ1v) is 7.91. The van der Waals surface area contributed by atoms with Gasteiger partial charge in [0.15, 0.2) is 0 Å². The molecular weight excluding hydrogens is 240 g/mol. The second-order valence-corrected chi connectivity index (χ2v) is 8.48. The predicted octanol–water partition coefficient (Wildman–Crippen LogP) is 5.80. The van der Waals surface area contributed by atoms with E-state index in [-0.39, 0.29) is 0 Å². The highest BCUT2D eigenvalue weighted by molar-refractivity contribution is 5.24. The average molecular weight is 270 g/mol. The molecule has 0 aromatic carbocycles. The van der Waals surface area contributed by atoms with Crippen LogP contribution in [0.3, 0.4) is 0 Å². The Morgan fingerprint density at radius 2 is 0.800 bits per heavy atom. The highest BCUT2D eigenvalue weighted by Gasteiger charge is 2.44. The van der Waals surface area contributed by atoms with Gasteiger partial charge >= 0.3 is 0 Å². The lowest BCUT2D eigenvalue weighted by Gasteiger charge is -2.48. The second-order valence-electron chi connectivity index (χ2n) is 8.48. The Morgan fingerprint density at radius 3 is 1.00 bits per heavy atom. The zero-order valence-corrected chi connectivity index (χ0v) is 13.9. The number of rotatable bonds is 3. The van der Waals surface area contributed by atoms with Gasteiger partial charge in [-0.3, -0.25) is 0 Å². The van der Waals surface area contributed by atoms with Crippen molar-refractivity contribution in [2.45, 2.75) is 41.5 Å². The quantitative estimate of drug-likeness (QED) is 0.608. The fraction of sp³-hybridized carbons (Fsp3) is 0.600. The molecule has 0 unspecified atom stereocenters. The van der Waals surface area contributed by atoms with Crippen molar-refractivity contribution in [3.05, 3.63) is 48.6 Å². The van der Waals surface area contributed by atoms with Crippen molar-refractivity contribution in [3.63, 3.8) is 0 Å². The molecule has 0 heteroatoms. The molecule has 0 aromatic heterocycles. The van der Waals surface area contributed by atoms with Crippen LogP contribution in [0.2, 0.25) is 0 Å². The first kappa shape index (κ1) is 15.4. The molecule has 0 saturated heterocycles. The van der Waals surface area contributed by atoms with E-state index in [1.165, 1.54) is 0 Å². The molecule has 2 aliphatic carbocycles. The van der Waals surface area contributed by atoms with Gasteiger partial charge in [0.2, 0.25) is 0 Å². The fourth-order valence-electron chi connectivity index (χ4n) is 4.09. The molecule has 2 aliphatic rings. The van der Waals surface area contributed by atoms with Gasteiger partial charge < -0.3 is 0 Å². The van der Waals surface area contributed by atoms with E-state index in [1.54, 1.807) is 0 Å². The molecule has 20 heavy (non-hydrogen) atoms. The summed E-state index contributed by atoms with van der Waals surface area (Å²) >= 11 is 0. The minimum absolute atomic E-state index is 0.298. The molecule has 0 bridgehead atoms. The van der Waals surface area contributed by atoms with Crippen LogP contribution >= 0.6 is 0 Å². The third-order valence-electron chi connectivity index (χ3n) is 4.77. The Balaban J connectivity index is 2.41. The molecule has 0 aromatic rings. The zero-order chi connectivity index (χ0) is 15.0. The molecule has 2 rings (SSSR count). The molecule has 110 valence electrons. The van der Waals surface area contributed by atoms with Gasteiger partial charge in [0.05, 0.1) is 0 Å². The molecule has 0 heterocycles. The molecular formula is C20H30. The standard InChI is InChI=1S/C20H30/c1-19(2,3)17(15-11-7-8-12-15)18(20(4,5)6)16-13-9-10-14-16/h7-18H,1-6H3/t17-,18+. The summed E-state index contributed by atoms with van der Waals surface area (Å²) in [4.78, 5) is 0. The van der Waals surface area contributed by atoms with Crippen LogP contribution in [0.4, 0.5) is 0 Å². The third-order valence-corrected chi connectivity index (χ3v) is 4.77. The molecule has 0 nitrogen and oxygen atoms in total.